The topological polar surface area (TPSA) is 312 Å². The van der Waals surface area contributed by atoms with Gasteiger partial charge in [0.15, 0.2) is 14.2 Å². The van der Waals surface area contributed by atoms with E-state index >= 15 is 0 Å². The molecule has 6 aromatic carbocycles. The second-order valence-electron chi connectivity index (χ2n) is 28.7. The number of carboxylic acids is 1. The molecular formula is C75H78F9N9O14Si. The number of nitrogens with zero attached hydrogens (tertiary/aromatic N) is 8. The predicted molar refractivity (Wildman–Crippen MR) is 374 cm³/mol. The molecule has 6 aliphatic rings. The molecule has 6 N–H and O–H groups in total. The number of fused-ring (bicyclic) bond motifs is 6. The van der Waals surface area contributed by atoms with Crippen molar-refractivity contribution in [2.75, 3.05) is 59.1 Å². The number of halogens is 9. The summed E-state index contributed by atoms with van der Waals surface area (Å²) in [6, 6.07) is 31.9. The van der Waals surface area contributed by atoms with Crippen LogP contribution in [0.5, 0.6) is 17.2 Å². The quantitative estimate of drug-likeness (QED) is 0.0141. The summed E-state index contributed by atoms with van der Waals surface area (Å²) in [6.07, 6.45) is -8.00. The number of aliphatic hydroxyl groups excluding tert-OH is 2. The lowest BCUT2D eigenvalue weighted by Gasteiger charge is -2.36. The molecule has 0 saturated carbocycles. The molecule has 0 radical (unpaired) electrons. The van der Waals surface area contributed by atoms with Crippen molar-refractivity contribution in [3.05, 3.63) is 172 Å². The van der Waals surface area contributed by atoms with Crippen molar-refractivity contribution in [1.29, 1.82) is 0 Å². The number of benzene rings is 6. The number of amides is 3. The van der Waals surface area contributed by atoms with E-state index in [1.54, 1.807) is 9.80 Å². The van der Waals surface area contributed by atoms with Gasteiger partial charge in [0, 0.05) is 103 Å². The number of aromatic nitrogens is 4. The van der Waals surface area contributed by atoms with E-state index in [1.807, 2.05) is 53.4 Å². The second-order valence-corrected chi connectivity index (χ2v) is 33.5. The first-order valence-electron chi connectivity index (χ1n) is 34.5. The summed E-state index contributed by atoms with van der Waals surface area (Å²) in [5.41, 5.74) is 15.0. The summed E-state index contributed by atoms with van der Waals surface area (Å²) in [7, 11) is -1.81. The number of ether oxygens (including phenoxy) is 3. The van der Waals surface area contributed by atoms with Gasteiger partial charge < -0.3 is 68.6 Å². The Hall–Kier alpha value is -10.4. The van der Waals surface area contributed by atoms with Crippen LogP contribution in [0.15, 0.2) is 142 Å². The third-order valence-corrected chi connectivity index (χ3v) is 25.4. The minimum absolute atomic E-state index is 0.0436. The molecule has 3 unspecified atom stereocenters. The number of carbonyl (C=O) groups excluding carboxylic acids is 3. The lowest BCUT2D eigenvalue weighted by atomic mass is 9.80. The highest BCUT2D eigenvalue weighted by Crippen LogP contribution is 2.51. The van der Waals surface area contributed by atoms with Crippen LogP contribution in [0, 0.1) is 0 Å². The molecule has 574 valence electrons. The molecule has 3 atom stereocenters. The van der Waals surface area contributed by atoms with E-state index in [1.165, 1.54) is 54.1 Å². The number of alkyl halides is 9. The summed E-state index contributed by atoms with van der Waals surface area (Å²) >= 11 is 0. The van der Waals surface area contributed by atoms with Crippen molar-refractivity contribution in [2.45, 2.75) is 132 Å². The molecule has 14 rings (SSSR count). The SMILES string of the molecule is CC(C)(C)[Si](C)(C)OCCN1CC2(CCc3c(C(N)=NO)cccc32)CC1=O.O=C(O)c1ccc(OC(F)(F)F)cc1.O=C1CC2(CCc3c(-c4noc(-c5ccc(OC(F)(F)F)cc5)n4)cccc32)CN1CCO.O=C1CC2(CCc3c(-c4noc(-c5ccc(OC(F)(F)F)cc5)n4)cccc32)CN1CCO. The van der Waals surface area contributed by atoms with Gasteiger partial charge >= 0.3 is 25.1 Å². The van der Waals surface area contributed by atoms with Gasteiger partial charge in [-0.3, -0.25) is 14.4 Å². The molecule has 5 heterocycles. The molecule has 23 nitrogen and oxygen atoms in total. The summed E-state index contributed by atoms with van der Waals surface area (Å²) in [5.74, 6) is -0.777. The fraction of sp³-hybridized carbons (Fsp3) is 0.400. The van der Waals surface area contributed by atoms with Crippen LogP contribution in [0.2, 0.25) is 18.1 Å². The second kappa shape index (κ2) is 31.1. The van der Waals surface area contributed by atoms with Gasteiger partial charge in [0.2, 0.25) is 29.4 Å². The number of oxime groups is 1. The van der Waals surface area contributed by atoms with Gasteiger partial charge in [0.1, 0.15) is 17.2 Å². The molecular weight excluding hydrogens is 1450 g/mol. The van der Waals surface area contributed by atoms with E-state index in [-0.39, 0.29) is 86.9 Å². The van der Waals surface area contributed by atoms with Crippen LogP contribution in [-0.2, 0) is 54.3 Å². The molecule has 3 fully saturated rings. The normalized spacial score (nSPS) is 19.6. The molecule has 3 aliphatic carbocycles. The van der Waals surface area contributed by atoms with Crippen LogP contribution in [0.4, 0.5) is 39.5 Å². The number of β-amino-alcohol motifs (C(OH)–C–C–N with tert-alkyl or cyclic N) is 2. The largest absolute Gasteiger partial charge is 0.573 e. The smallest absolute Gasteiger partial charge is 0.478 e. The molecule has 3 spiro atoms. The predicted octanol–water partition coefficient (Wildman–Crippen LogP) is 12.9. The van der Waals surface area contributed by atoms with Crippen LogP contribution in [-0.4, -0.2) is 172 Å². The Labute approximate surface area is 614 Å². The number of amidine groups is 1. The number of aliphatic hydroxyl groups is 2. The lowest BCUT2D eigenvalue weighted by molar-refractivity contribution is -0.275. The van der Waals surface area contributed by atoms with E-state index in [9.17, 15) is 68.9 Å². The zero-order valence-electron chi connectivity index (χ0n) is 59.3. The Bertz CT molecular complexity index is 4440. The van der Waals surface area contributed by atoms with E-state index in [4.69, 9.17) is 29.5 Å². The molecule has 8 aromatic rings. The lowest BCUT2D eigenvalue weighted by Crippen LogP contribution is -2.43. The molecule has 2 aromatic heterocycles. The molecule has 3 amide bonds. The van der Waals surface area contributed by atoms with Gasteiger partial charge in [-0.15, -0.1) is 39.5 Å². The van der Waals surface area contributed by atoms with Gasteiger partial charge in [0.25, 0.3) is 11.8 Å². The van der Waals surface area contributed by atoms with Crippen molar-refractivity contribution in [3.8, 4) is 62.9 Å². The first kappa shape index (κ1) is 78.7. The molecule has 33 heteroatoms. The third-order valence-electron chi connectivity index (χ3n) is 20.9. The molecule has 108 heavy (non-hydrogen) atoms. The van der Waals surface area contributed by atoms with Crippen LogP contribution in [0.25, 0.3) is 45.7 Å². The van der Waals surface area contributed by atoms with Gasteiger partial charge in [-0.05, 0) is 163 Å². The first-order valence-corrected chi connectivity index (χ1v) is 37.4. The number of hydrogen-bond acceptors (Lipinski definition) is 18. The van der Waals surface area contributed by atoms with Gasteiger partial charge in [-0.2, -0.15) is 9.97 Å². The number of aromatic carboxylic acids is 1. The Morgan fingerprint density at radius 3 is 1.27 bits per heavy atom. The average Bonchev–Trinajstić information content (AvgIpc) is 1.60. The zero-order chi connectivity index (χ0) is 77.9. The van der Waals surface area contributed by atoms with Crippen LogP contribution in [0.1, 0.15) is 109 Å². The van der Waals surface area contributed by atoms with Crippen molar-refractivity contribution in [1.82, 2.24) is 35.0 Å². The molecule has 3 saturated heterocycles. The average molecular weight is 1530 g/mol. The summed E-state index contributed by atoms with van der Waals surface area (Å²) in [6.45, 7) is 14.8. The van der Waals surface area contributed by atoms with Crippen molar-refractivity contribution < 1.29 is 107 Å². The van der Waals surface area contributed by atoms with E-state index in [0.717, 1.165) is 114 Å². The number of carbonyl (C=O) groups is 4. The number of carboxylic acid groups (broad SMARTS) is 1. The van der Waals surface area contributed by atoms with Crippen molar-refractivity contribution >= 4 is 37.8 Å². The number of rotatable bonds is 17. The first-order chi connectivity index (χ1) is 50.9. The minimum atomic E-state index is -4.76. The number of nitrogens with two attached hydrogens (primary N) is 1. The minimum Gasteiger partial charge on any atom is -0.478 e. The van der Waals surface area contributed by atoms with Crippen LogP contribution < -0.4 is 19.9 Å². The monoisotopic (exact) mass is 1530 g/mol. The van der Waals surface area contributed by atoms with Crippen molar-refractivity contribution in [3.63, 3.8) is 0 Å². The number of hydrogen-bond donors (Lipinski definition) is 5. The standard InChI is InChI=1S/2C23H20F3N3O4.C21H33N3O3Si.C8H5F3O3/c2*24-23(25,26)32-15-6-4-14(5-7-15)21-27-20(28-33-21)17-2-1-3-18-16(17)8-9-22(18)12-19(31)29(13-22)10-11-30;1-20(2,3)28(4,5)27-12-11-24-14-21(13-18(24)25)10-9-15-16(19(22)23-26)7-6-8-17(15)21;9-8(10,11)14-6-3-1-5(2-4-6)7(12)13/h2*1-7,30H,8-13H2;6-8,26H,9-14H2,1-5H3,(H2,22,23);1-4H,(H,12,13). The highest BCUT2D eigenvalue weighted by Gasteiger charge is 2.52. The van der Waals surface area contributed by atoms with Gasteiger partial charge in [-0.1, -0.05) is 90.8 Å². The van der Waals surface area contributed by atoms with Crippen molar-refractivity contribution in [2.24, 2.45) is 10.9 Å². The Balaban J connectivity index is 0.000000149. The summed E-state index contributed by atoms with van der Waals surface area (Å²) in [5, 5.41) is 47.5. The maximum atomic E-state index is 12.8. The third kappa shape index (κ3) is 17.6. The summed E-state index contributed by atoms with van der Waals surface area (Å²) in [4.78, 5) is 62.3. The highest BCUT2D eigenvalue weighted by molar-refractivity contribution is 6.74. The number of likely N-dealkylation sites (tertiary alicyclic amines) is 3. The Morgan fingerprint density at radius 2 is 0.907 bits per heavy atom. The van der Waals surface area contributed by atoms with Crippen LogP contribution >= 0.6 is 0 Å². The van der Waals surface area contributed by atoms with Crippen LogP contribution in [0.3, 0.4) is 0 Å². The zero-order valence-corrected chi connectivity index (χ0v) is 60.3. The van der Waals surface area contributed by atoms with E-state index in [0.29, 0.717) is 81.4 Å². The maximum absolute atomic E-state index is 12.8. The van der Waals surface area contributed by atoms with E-state index in [2.05, 4.69) is 79.6 Å². The fourth-order valence-corrected chi connectivity index (χ4v) is 15.9. The highest BCUT2D eigenvalue weighted by atomic mass is 28.4. The molecule has 0 bridgehead atoms. The van der Waals surface area contributed by atoms with Gasteiger partial charge in [-0.25, -0.2) is 4.79 Å². The molecule has 3 aliphatic heterocycles. The maximum Gasteiger partial charge on any atom is 0.573 e. The van der Waals surface area contributed by atoms with E-state index < -0.39 is 39.1 Å². The Kier molecular flexibility index (Phi) is 22.6. The Morgan fingerprint density at radius 1 is 0.546 bits per heavy atom. The fourth-order valence-electron chi connectivity index (χ4n) is 14.8. The summed E-state index contributed by atoms with van der Waals surface area (Å²) < 4.78 is 137. The van der Waals surface area contributed by atoms with Gasteiger partial charge in [0.05, 0.1) is 25.4 Å².